The maximum absolute atomic E-state index is 12.7. The van der Waals surface area contributed by atoms with E-state index < -0.39 is 11.6 Å². The highest BCUT2D eigenvalue weighted by Crippen LogP contribution is 2.24. The summed E-state index contributed by atoms with van der Waals surface area (Å²) in [6.07, 6.45) is 7.13. The van der Waals surface area contributed by atoms with E-state index in [-0.39, 0.29) is 11.8 Å². The molecule has 0 unspecified atom stereocenters. The number of nitrogens with zero attached hydrogens (tertiary/aromatic N) is 5. The molecule has 0 saturated carbocycles. The Kier molecular flexibility index (Phi) is 5.48. The quantitative estimate of drug-likeness (QED) is 0.727. The molecule has 1 aliphatic rings. The Balaban J connectivity index is 1.63. The van der Waals surface area contributed by atoms with Crippen molar-refractivity contribution >= 4 is 11.9 Å². The molecule has 1 amide bonds. The monoisotopic (exact) mass is 373 g/mol. The second-order valence-corrected chi connectivity index (χ2v) is 7.17. The highest BCUT2D eigenvalue weighted by atomic mass is 16.6. The molecule has 1 aliphatic heterocycles. The van der Waals surface area contributed by atoms with E-state index in [2.05, 4.69) is 20.1 Å². The van der Waals surface area contributed by atoms with Crippen molar-refractivity contribution < 1.29 is 18.8 Å². The largest absolute Gasteiger partial charge is 0.450 e. The van der Waals surface area contributed by atoms with E-state index in [0.717, 1.165) is 12.8 Å². The zero-order chi connectivity index (χ0) is 19.4. The van der Waals surface area contributed by atoms with Crippen LogP contribution in [0.3, 0.4) is 0 Å². The lowest BCUT2D eigenvalue weighted by Gasteiger charge is -2.36. The Morgan fingerprint density at radius 3 is 2.89 bits per heavy atom. The van der Waals surface area contributed by atoms with E-state index in [1.807, 2.05) is 0 Å². The average Bonchev–Trinajstić information content (AvgIpc) is 3.09. The first kappa shape index (κ1) is 18.9. The lowest BCUT2D eigenvalue weighted by molar-refractivity contribution is -0.169. The van der Waals surface area contributed by atoms with Crippen LogP contribution < -0.4 is 0 Å². The summed E-state index contributed by atoms with van der Waals surface area (Å²) in [5.41, 5.74) is -0.617. The van der Waals surface area contributed by atoms with Crippen LogP contribution in [-0.2, 0) is 20.7 Å². The number of amides is 1. The molecule has 2 aromatic heterocycles. The number of rotatable bonds is 5. The van der Waals surface area contributed by atoms with Gasteiger partial charge in [-0.05, 0) is 32.6 Å². The first-order valence-electron chi connectivity index (χ1n) is 8.93. The van der Waals surface area contributed by atoms with Crippen LogP contribution in [0, 0.1) is 5.92 Å². The molecule has 3 rings (SSSR count). The first-order valence-corrected chi connectivity index (χ1v) is 8.93. The van der Waals surface area contributed by atoms with Crippen LogP contribution in [0.15, 0.2) is 23.1 Å². The molecule has 2 aromatic rings. The summed E-state index contributed by atoms with van der Waals surface area (Å²) in [7, 11) is 0. The van der Waals surface area contributed by atoms with Gasteiger partial charge in [-0.2, -0.15) is 4.98 Å². The van der Waals surface area contributed by atoms with E-state index in [4.69, 9.17) is 9.26 Å². The molecule has 1 fully saturated rings. The van der Waals surface area contributed by atoms with Crippen molar-refractivity contribution in [3.63, 3.8) is 0 Å². The standard InChI is InChI=1S/C18H23N5O4/c1-12(24)26-18(2,3)17(25)23-8-4-5-13(11-23)9-15-21-16(22-27-15)14-10-19-6-7-20-14/h6-7,10,13H,4-5,8-9,11H2,1-3H3/t13-/m1/s1. The van der Waals surface area contributed by atoms with Crippen molar-refractivity contribution in [2.24, 2.45) is 5.92 Å². The van der Waals surface area contributed by atoms with Crippen LogP contribution in [0.2, 0.25) is 0 Å². The third-order valence-corrected chi connectivity index (χ3v) is 4.44. The molecular formula is C18H23N5O4. The second-order valence-electron chi connectivity index (χ2n) is 7.17. The van der Waals surface area contributed by atoms with Crippen LogP contribution in [0.4, 0.5) is 0 Å². The van der Waals surface area contributed by atoms with Crippen molar-refractivity contribution in [2.75, 3.05) is 13.1 Å². The fourth-order valence-corrected chi connectivity index (χ4v) is 3.30. The number of carbonyl (C=O) groups excluding carboxylic acids is 2. The molecule has 0 radical (unpaired) electrons. The topological polar surface area (TPSA) is 111 Å². The zero-order valence-electron chi connectivity index (χ0n) is 15.7. The molecule has 144 valence electrons. The van der Waals surface area contributed by atoms with Gasteiger partial charge in [0, 0.05) is 38.8 Å². The van der Waals surface area contributed by atoms with Crippen molar-refractivity contribution in [3.05, 3.63) is 24.5 Å². The molecule has 0 N–H and O–H groups in total. The third-order valence-electron chi connectivity index (χ3n) is 4.44. The van der Waals surface area contributed by atoms with Gasteiger partial charge in [0.2, 0.25) is 11.7 Å². The van der Waals surface area contributed by atoms with E-state index in [1.54, 1.807) is 37.3 Å². The Labute approximate surface area is 157 Å². The van der Waals surface area contributed by atoms with Gasteiger partial charge in [-0.3, -0.25) is 14.6 Å². The van der Waals surface area contributed by atoms with Crippen molar-refractivity contribution in [3.8, 4) is 11.5 Å². The predicted octanol–water partition coefficient (Wildman–Crippen LogP) is 1.65. The SMILES string of the molecule is CC(=O)OC(C)(C)C(=O)N1CCC[C@H](Cc2nc(-c3cnccn3)no2)C1. The number of likely N-dealkylation sites (tertiary alicyclic amines) is 1. The molecule has 1 saturated heterocycles. The number of esters is 1. The number of aromatic nitrogens is 4. The summed E-state index contributed by atoms with van der Waals surface area (Å²) < 4.78 is 10.5. The van der Waals surface area contributed by atoms with Gasteiger partial charge in [-0.25, -0.2) is 4.98 Å². The van der Waals surface area contributed by atoms with Crippen molar-refractivity contribution in [1.82, 2.24) is 25.0 Å². The number of ether oxygens (including phenoxy) is 1. The predicted molar refractivity (Wildman–Crippen MR) is 94.2 cm³/mol. The number of piperidine rings is 1. The third kappa shape index (κ3) is 4.66. The normalized spacial score (nSPS) is 17.6. The summed E-state index contributed by atoms with van der Waals surface area (Å²) in [5, 5.41) is 3.95. The Bertz CT molecular complexity index is 805. The molecule has 0 aliphatic carbocycles. The Morgan fingerprint density at radius 2 is 2.19 bits per heavy atom. The minimum absolute atomic E-state index is 0.187. The maximum Gasteiger partial charge on any atom is 0.303 e. The highest BCUT2D eigenvalue weighted by Gasteiger charge is 2.37. The van der Waals surface area contributed by atoms with Gasteiger partial charge >= 0.3 is 5.97 Å². The molecule has 0 bridgehead atoms. The number of carbonyl (C=O) groups is 2. The fourth-order valence-electron chi connectivity index (χ4n) is 3.30. The van der Waals surface area contributed by atoms with Gasteiger partial charge in [-0.1, -0.05) is 5.16 Å². The van der Waals surface area contributed by atoms with Gasteiger partial charge in [-0.15, -0.1) is 0 Å². The minimum atomic E-state index is -1.17. The van der Waals surface area contributed by atoms with Crippen LogP contribution in [0.5, 0.6) is 0 Å². The van der Waals surface area contributed by atoms with Gasteiger partial charge in [0.15, 0.2) is 5.60 Å². The van der Waals surface area contributed by atoms with Crippen molar-refractivity contribution in [2.45, 2.75) is 45.6 Å². The maximum atomic E-state index is 12.7. The van der Waals surface area contributed by atoms with Crippen LogP contribution in [0.25, 0.3) is 11.5 Å². The lowest BCUT2D eigenvalue weighted by Crippen LogP contribution is -2.51. The van der Waals surface area contributed by atoms with Gasteiger partial charge in [0.1, 0.15) is 5.69 Å². The molecule has 0 spiro atoms. The minimum Gasteiger partial charge on any atom is -0.450 e. The summed E-state index contributed by atoms with van der Waals surface area (Å²) in [5.74, 6) is 0.454. The molecule has 9 heteroatoms. The fraction of sp³-hybridized carbons (Fsp3) is 0.556. The molecule has 0 aromatic carbocycles. The van der Waals surface area contributed by atoms with Crippen LogP contribution >= 0.6 is 0 Å². The smallest absolute Gasteiger partial charge is 0.303 e. The number of hydrogen-bond donors (Lipinski definition) is 0. The van der Waals surface area contributed by atoms with Gasteiger partial charge < -0.3 is 14.2 Å². The highest BCUT2D eigenvalue weighted by molar-refractivity contribution is 5.86. The average molecular weight is 373 g/mol. The number of hydrogen-bond acceptors (Lipinski definition) is 8. The summed E-state index contributed by atoms with van der Waals surface area (Å²) >= 11 is 0. The Hall–Kier alpha value is -2.84. The second kappa shape index (κ2) is 7.81. The van der Waals surface area contributed by atoms with Gasteiger partial charge in [0.05, 0.1) is 6.20 Å². The van der Waals surface area contributed by atoms with E-state index in [9.17, 15) is 9.59 Å². The summed E-state index contributed by atoms with van der Waals surface area (Å²) in [4.78, 5) is 38.2. The zero-order valence-corrected chi connectivity index (χ0v) is 15.7. The summed E-state index contributed by atoms with van der Waals surface area (Å²) in [6.45, 7) is 5.75. The van der Waals surface area contributed by atoms with Gasteiger partial charge in [0.25, 0.3) is 5.91 Å². The molecular weight excluding hydrogens is 350 g/mol. The molecule has 27 heavy (non-hydrogen) atoms. The van der Waals surface area contributed by atoms with E-state index in [1.165, 1.54) is 6.92 Å². The Morgan fingerprint density at radius 1 is 1.37 bits per heavy atom. The lowest BCUT2D eigenvalue weighted by atomic mass is 9.93. The van der Waals surface area contributed by atoms with Crippen LogP contribution in [0.1, 0.15) is 39.5 Å². The van der Waals surface area contributed by atoms with E-state index >= 15 is 0 Å². The molecule has 9 nitrogen and oxygen atoms in total. The van der Waals surface area contributed by atoms with E-state index in [0.29, 0.717) is 36.9 Å². The first-order chi connectivity index (χ1) is 12.8. The molecule has 3 heterocycles. The molecule has 1 atom stereocenters. The van der Waals surface area contributed by atoms with Crippen LogP contribution in [-0.4, -0.2) is 55.6 Å². The summed E-state index contributed by atoms with van der Waals surface area (Å²) in [6, 6.07) is 0. The van der Waals surface area contributed by atoms with Crippen molar-refractivity contribution in [1.29, 1.82) is 0 Å².